The lowest BCUT2D eigenvalue weighted by molar-refractivity contribution is 0.0975. The fourth-order valence-electron chi connectivity index (χ4n) is 2.69. The second-order valence-electron chi connectivity index (χ2n) is 5.16. The van der Waals surface area contributed by atoms with Crippen LogP contribution in [0.15, 0.2) is 41.0 Å². The molecule has 3 rings (SSSR count). The second-order valence-corrected chi connectivity index (χ2v) is 6.08. The summed E-state index contributed by atoms with van der Waals surface area (Å²) in [6.07, 6.45) is 2.69. The molecule has 1 aliphatic rings. The molecule has 0 bridgehead atoms. The van der Waals surface area contributed by atoms with Crippen LogP contribution in [-0.2, 0) is 13.5 Å². The van der Waals surface area contributed by atoms with Gasteiger partial charge in [-0.2, -0.15) is 0 Å². The molecule has 2 N–H and O–H groups in total. The summed E-state index contributed by atoms with van der Waals surface area (Å²) in [6.45, 7) is 0.554. The summed E-state index contributed by atoms with van der Waals surface area (Å²) in [6, 6.07) is 9.78. The lowest BCUT2D eigenvalue weighted by atomic mass is 9.98. The first-order valence-corrected chi connectivity index (χ1v) is 7.33. The van der Waals surface area contributed by atoms with Gasteiger partial charge in [-0.3, -0.25) is 4.79 Å². The third kappa shape index (κ3) is 2.27. The van der Waals surface area contributed by atoms with Gasteiger partial charge in [0, 0.05) is 36.0 Å². The maximum Gasteiger partial charge on any atom is 0.274 e. The highest BCUT2D eigenvalue weighted by atomic mass is 79.9. The predicted molar refractivity (Wildman–Crippen MR) is 82.9 cm³/mol. The summed E-state index contributed by atoms with van der Waals surface area (Å²) in [7, 11) is 1.87. The molecule has 5 heteroatoms. The third-order valence-electron chi connectivity index (χ3n) is 3.62. The van der Waals surface area contributed by atoms with Crippen molar-refractivity contribution >= 4 is 27.5 Å². The number of aryl methyl sites for hydroxylation is 1. The van der Waals surface area contributed by atoms with E-state index in [0.29, 0.717) is 12.2 Å². The van der Waals surface area contributed by atoms with E-state index in [1.54, 1.807) is 4.90 Å². The van der Waals surface area contributed by atoms with E-state index in [1.165, 1.54) is 0 Å². The van der Waals surface area contributed by atoms with Gasteiger partial charge in [-0.1, -0.05) is 18.2 Å². The van der Waals surface area contributed by atoms with Gasteiger partial charge in [-0.25, -0.2) is 0 Å². The van der Waals surface area contributed by atoms with Crippen molar-refractivity contribution < 1.29 is 4.79 Å². The summed E-state index contributed by atoms with van der Waals surface area (Å²) >= 11 is 3.40. The molecule has 0 saturated carbocycles. The Morgan fingerprint density at radius 1 is 1.40 bits per heavy atom. The molecule has 104 valence electrons. The molecule has 1 atom stereocenters. The molecule has 20 heavy (non-hydrogen) atoms. The number of nitrogens with zero attached hydrogens (tertiary/aromatic N) is 2. The fourth-order valence-corrected chi connectivity index (χ4v) is 3.22. The molecule has 4 nitrogen and oxygen atoms in total. The maximum absolute atomic E-state index is 12.8. The third-order valence-corrected chi connectivity index (χ3v) is 4.05. The number of anilines is 1. The van der Waals surface area contributed by atoms with Crippen molar-refractivity contribution in [3.8, 4) is 0 Å². The average Bonchev–Trinajstić information content (AvgIpc) is 2.76. The highest BCUT2D eigenvalue weighted by Crippen LogP contribution is 2.28. The Hall–Kier alpha value is -1.59. The molecule has 0 fully saturated rings. The van der Waals surface area contributed by atoms with Gasteiger partial charge in [0.1, 0.15) is 5.69 Å². The monoisotopic (exact) mass is 333 g/mol. The van der Waals surface area contributed by atoms with E-state index in [4.69, 9.17) is 5.73 Å². The van der Waals surface area contributed by atoms with Crippen LogP contribution >= 0.6 is 15.9 Å². The van der Waals surface area contributed by atoms with Gasteiger partial charge in [0.25, 0.3) is 5.91 Å². The number of rotatable bonds is 1. The number of benzene rings is 1. The molecular formula is C15H16BrN3O. The van der Waals surface area contributed by atoms with Crippen LogP contribution in [0.25, 0.3) is 0 Å². The van der Waals surface area contributed by atoms with Gasteiger partial charge in [0.05, 0.1) is 0 Å². The quantitative estimate of drug-likeness (QED) is 0.870. The number of hydrogen-bond acceptors (Lipinski definition) is 2. The number of carbonyl (C=O) groups excluding carboxylic acids is 1. The lowest BCUT2D eigenvalue weighted by Crippen LogP contribution is -2.46. The highest BCUT2D eigenvalue weighted by Gasteiger charge is 2.28. The van der Waals surface area contributed by atoms with Gasteiger partial charge in [0.2, 0.25) is 0 Å². The number of halogens is 1. The standard InChI is InChI=1S/C15H16BrN3O/c1-18-8-11(16)7-14(18)15(20)19-9-12(17)6-10-4-2-3-5-13(10)19/h2-5,7-8,12H,6,9,17H2,1H3. The smallest absolute Gasteiger partial charge is 0.274 e. The van der Waals surface area contributed by atoms with Crippen LogP contribution in [0, 0.1) is 0 Å². The summed E-state index contributed by atoms with van der Waals surface area (Å²) in [4.78, 5) is 14.6. The van der Waals surface area contributed by atoms with Crippen LogP contribution in [0.2, 0.25) is 0 Å². The van der Waals surface area contributed by atoms with Crippen molar-refractivity contribution in [1.82, 2.24) is 4.57 Å². The topological polar surface area (TPSA) is 51.3 Å². The van der Waals surface area contributed by atoms with Crippen LogP contribution in [0.1, 0.15) is 16.1 Å². The molecule has 1 amide bonds. The first-order valence-electron chi connectivity index (χ1n) is 6.53. The summed E-state index contributed by atoms with van der Waals surface area (Å²) in [5, 5.41) is 0. The predicted octanol–water partition coefficient (Wildman–Crippen LogP) is 2.32. The van der Waals surface area contributed by atoms with Crippen LogP contribution < -0.4 is 10.6 Å². The molecular weight excluding hydrogens is 318 g/mol. The van der Waals surface area contributed by atoms with Crippen molar-refractivity contribution in [2.45, 2.75) is 12.5 Å². The van der Waals surface area contributed by atoms with Crippen molar-refractivity contribution in [2.75, 3.05) is 11.4 Å². The maximum atomic E-state index is 12.8. The molecule has 2 heterocycles. The van der Waals surface area contributed by atoms with Crippen LogP contribution in [-0.4, -0.2) is 23.1 Å². The van der Waals surface area contributed by atoms with Crippen LogP contribution in [0.5, 0.6) is 0 Å². The number of amides is 1. The van der Waals surface area contributed by atoms with E-state index in [-0.39, 0.29) is 11.9 Å². The zero-order valence-electron chi connectivity index (χ0n) is 11.2. The number of aromatic nitrogens is 1. The number of para-hydroxylation sites is 1. The molecule has 0 spiro atoms. The van der Waals surface area contributed by atoms with E-state index >= 15 is 0 Å². The van der Waals surface area contributed by atoms with Gasteiger partial charge in [0.15, 0.2) is 0 Å². The normalized spacial score (nSPS) is 17.9. The summed E-state index contributed by atoms with van der Waals surface area (Å²) in [5.74, 6) is -0.0131. The minimum absolute atomic E-state index is 0.0131. The number of nitrogens with two attached hydrogens (primary N) is 1. The van der Waals surface area contributed by atoms with Crippen molar-refractivity contribution in [3.63, 3.8) is 0 Å². The molecule has 0 saturated heterocycles. The Balaban J connectivity index is 2.02. The largest absolute Gasteiger partial charge is 0.345 e. The Morgan fingerprint density at radius 2 is 2.15 bits per heavy atom. The van der Waals surface area contributed by atoms with Crippen molar-refractivity contribution in [3.05, 3.63) is 52.3 Å². The number of hydrogen-bond donors (Lipinski definition) is 1. The van der Waals surface area contributed by atoms with Gasteiger partial charge in [-0.05, 0) is 40.0 Å². The minimum Gasteiger partial charge on any atom is -0.345 e. The van der Waals surface area contributed by atoms with Crippen molar-refractivity contribution in [1.29, 1.82) is 0 Å². The molecule has 1 unspecified atom stereocenters. The lowest BCUT2D eigenvalue weighted by Gasteiger charge is -2.33. The molecule has 1 aliphatic heterocycles. The SMILES string of the molecule is Cn1cc(Br)cc1C(=O)N1CC(N)Cc2ccccc21. The summed E-state index contributed by atoms with van der Waals surface area (Å²) < 4.78 is 2.73. The van der Waals surface area contributed by atoms with E-state index < -0.39 is 0 Å². The van der Waals surface area contributed by atoms with Crippen LogP contribution in [0.4, 0.5) is 5.69 Å². The van der Waals surface area contributed by atoms with E-state index in [2.05, 4.69) is 15.9 Å². The second kappa shape index (κ2) is 5.07. The van der Waals surface area contributed by atoms with Crippen LogP contribution in [0.3, 0.4) is 0 Å². The molecule has 2 aromatic rings. The Kier molecular flexibility index (Phi) is 3.40. The molecule has 1 aromatic carbocycles. The summed E-state index contributed by atoms with van der Waals surface area (Å²) in [5.41, 5.74) is 8.84. The zero-order chi connectivity index (χ0) is 14.3. The molecule has 1 aromatic heterocycles. The Labute approximate surface area is 126 Å². The van der Waals surface area contributed by atoms with Gasteiger partial charge < -0.3 is 15.2 Å². The average molecular weight is 334 g/mol. The highest BCUT2D eigenvalue weighted by molar-refractivity contribution is 9.10. The number of carbonyl (C=O) groups is 1. The molecule has 0 aliphatic carbocycles. The van der Waals surface area contributed by atoms with E-state index in [0.717, 1.165) is 22.1 Å². The fraction of sp³-hybridized carbons (Fsp3) is 0.267. The first kappa shape index (κ1) is 13.4. The van der Waals surface area contributed by atoms with E-state index in [9.17, 15) is 4.79 Å². The Morgan fingerprint density at radius 3 is 2.85 bits per heavy atom. The van der Waals surface area contributed by atoms with Crippen molar-refractivity contribution in [2.24, 2.45) is 12.8 Å². The zero-order valence-corrected chi connectivity index (χ0v) is 12.8. The minimum atomic E-state index is -0.0161. The first-order chi connectivity index (χ1) is 9.56. The molecule has 0 radical (unpaired) electrons. The van der Waals surface area contributed by atoms with E-state index in [1.807, 2.05) is 48.1 Å². The van der Waals surface area contributed by atoms with Gasteiger partial charge >= 0.3 is 0 Å². The number of fused-ring (bicyclic) bond motifs is 1. The van der Waals surface area contributed by atoms with Gasteiger partial charge in [-0.15, -0.1) is 0 Å². The Bertz CT molecular complexity index is 665.